The van der Waals surface area contributed by atoms with Crippen LogP contribution in [0.2, 0.25) is 0 Å². The standard InChI is InChI=1S/C12H20N2O3S2/c1-3-5-9(4-2)14-11(15)8-10-6-7-12(18-10)19(13,16)17/h6-7,9H,3-5,8H2,1-2H3,(H,14,15)(H2,13,16,17). The van der Waals surface area contributed by atoms with Crippen LogP contribution in [0.15, 0.2) is 16.3 Å². The van der Waals surface area contributed by atoms with Crippen molar-refractivity contribution < 1.29 is 13.2 Å². The van der Waals surface area contributed by atoms with Crippen LogP contribution in [-0.2, 0) is 21.2 Å². The first-order valence-corrected chi connectivity index (χ1v) is 8.64. The Labute approximate surface area is 118 Å². The second-order valence-corrected chi connectivity index (χ2v) is 7.36. The van der Waals surface area contributed by atoms with Crippen LogP contribution in [0.4, 0.5) is 0 Å². The van der Waals surface area contributed by atoms with Crippen LogP contribution in [0.1, 0.15) is 38.0 Å². The predicted molar refractivity (Wildman–Crippen MR) is 76.5 cm³/mol. The van der Waals surface area contributed by atoms with Gasteiger partial charge in [-0.2, -0.15) is 0 Å². The van der Waals surface area contributed by atoms with Crippen molar-refractivity contribution in [1.82, 2.24) is 5.32 Å². The number of thiophene rings is 1. The van der Waals surface area contributed by atoms with Crippen LogP contribution in [0.5, 0.6) is 0 Å². The zero-order chi connectivity index (χ0) is 14.5. The number of rotatable bonds is 7. The van der Waals surface area contributed by atoms with Crippen LogP contribution in [0.25, 0.3) is 0 Å². The summed E-state index contributed by atoms with van der Waals surface area (Å²) in [5, 5.41) is 7.98. The Balaban J connectivity index is 2.60. The number of nitrogens with one attached hydrogen (secondary N) is 1. The highest BCUT2D eigenvalue weighted by atomic mass is 32.2. The molecule has 0 aliphatic rings. The third-order valence-electron chi connectivity index (χ3n) is 2.75. The summed E-state index contributed by atoms with van der Waals surface area (Å²) >= 11 is 1.04. The maximum atomic E-state index is 11.8. The highest BCUT2D eigenvalue weighted by Crippen LogP contribution is 2.20. The van der Waals surface area contributed by atoms with E-state index in [-0.39, 0.29) is 22.6 Å². The Morgan fingerprint density at radius 3 is 2.58 bits per heavy atom. The fraction of sp³-hybridized carbons (Fsp3) is 0.583. The van der Waals surface area contributed by atoms with E-state index in [1.54, 1.807) is 6.07 Å². The molecule has 1 aromatic rings. The molecule has 1 amide bonds. The molecule has 3 N–H and O–H groups in total. The Kier molecular flexibility index (Phi) is 5.96. The van der Waals surface area contributed by atoms with Gasteiger partial charge in [0.2, 0.25) is 15.9 Å². The molecule has 1 atom stereocenters. The molecule has 0 aliphatic heterocycles. The second-order valence-electron chi connectivity index (χ2n) is 4.40. The smallest absolute Gasteiger partial charge is 0.247 e. The van der Waals surface area contributed by atoms with Crippen molar-refractivity contribution >= 4 is 27.3 Å². The molecular weight excluding hydrogens is 284 g/mol. The van der Waals surface area contributed by atoms with Crippen molar-refractivity contribution in [3.63, 3.8) is 0 Å². The lowest BCUT2D eigenvalue weighted by Crippen LogP contribution is -2.35. The van der Waals surface area contributed by atoms with Gasteiger partial charge in [-0.15, -0.1) is 11.3 Å². The molecule has 108 valence electrons. The predicted octanol–water partition coefficient (Wildman–Crippen LogP) is 1.63. The molecule has 0 spiro atoms. The van der Waals surface area contributed by atoms with E-state index in [1.165, 1.54) is 6.07 Å². The van der Waals surface area contributed by atoms with Crippen LogP contribution >= 0.6 is 11.3 Å². The van der Waals surface area contributed by atoms with E-state index in [1.807, 2.05) is 6.92 Å². The van der Waals surface area contributed by atoms with Crippen molar-refractivity contribution in [1.29, 1.82) is 0 Å². The van der Waals surface area contributed by atoms with Crippen LogP contribution in [0.3, 0.4) is 0 Å². The Hall–Kier alpha value is -0.920. The number of primary sulfonamides is 1. The molecule has 19 heavy (non-hydrogen) atoms. The molecule has 0 bridgehead atoms. The average Bonchev–Trinajstić information content (AvgIpc) is 2.76. The van der Waals surface area contributed by atoms with Gasteiger partial charge < -0.3 is 5.32 Å². The first-order valence-electron chi connectivity index (χ1n) is 6.27. The van der Waals surface area contributed by atoms with Gasteiger partial charge in [-0.05, 0) is 25.0 Å². The molecule has 1 unspecified atom stereocenters. The largest absolute Gasteiger partial charge is 0.353 e. The zero-order valence-electron chi connectivity index (χ0n) is 11.2. The summed E-state index contributed by atoms with van der Waals surface area (Å²) in [5.41, 5.74) is 0. The number of carbonyl (C=O) groups is 1. The normalized spacial score (nSPS) is 13.2. The van der Waals surface area contributed by atoms with Gasteiger partial charge in [0.05, 0.1) is 6.42 Å². The third-order valence-corrected chi connectivity index (χ3v) is 5.27. The minimum Gasteiger partial charge on any atom is -0.353 e. The molecule has 1 heterocycles. The van der Waals surface area contributed by atoms with Crippen LogP contribution in [-0.4, -0.2) is 20.4 Å². The van der Waals surface area contributed by atoms with Crippen molar-refractivity contribution in [3.8, 4) is 0 Å². The van der Waals surface area contributed by atoms with Crippen molar-refractivity contribution in [2.45, 2.75) is 49.8 Å². The summed E-state index contributed by atoms with van der Waals surface area (Å²) in [6.07, 6.45) is 3.06. The number of carbonyl (C=O) groups excluding carboxylic acids is 1. The van der Waals surface area contributed by atoms with Gasteiger partial charge in [-0.25, -0.2) is 13.6 Å². The Morgan fingerprint density at radius 2 is 2.11 bits per heavy atom. The molecule has 0 aliphatic carbocycles. The molecule has 0 aromatic carbocycles. The molecule has 0 saturated carbocycles. The summed E-state index contributed by atoms with van der Waals surface area (Å²) in [6.45, 7) is 4.11. The van der Waals surface area contributed by atoms with Crippen LogP contribution < -0.4 is 10.5 Å². The monoisotopic (exact) mass is 304 g/mol. The minimum atomic E-state index is -3.67. The van der Waals surface area contributed by atoms with Gasteiger partial charge in [-0.1, -0.05) is 20.3 Å². The number of nitrogens with two attached hydrogens (primary N) is 1. The van der Waals surface area contributed by atoms with E-state index >= 15 is 0 Å². The molecule has 7 heteroatoms. The summed E-state index contributed by atoms with van der Waals surface area (Å²) in [6, 6.07) is 3.26. The SMILES string of the molecule is CCCC(CC)NC(=O)Cc1ccc(S(N)(=O)=O)s1. The second kappa shape index (κ2) is 7.02. The molecule has 1 aromatic heterocycles. The first-order chi connectivity index (χ1) is 8.86. The van der Waals surface area contributed by atoms with E-state index in [4.69, 9.17) is 5.14 Å². The third kappa shape index (κ3) is 5.30. The zero-order valence-corrected chi connectivity index (χ0v) is 12.8. The van der Waals surface area contributed by atoms with Crippen LogP contribution in [0, 0.1) is 0 Å². The number of sulfonamides is 1. The molecule has 0 radical (unpaired) electrons. The van der Waals surface area contributed by atoms with Gasteiger partial charge in [0, 0.05) is 10.9 Å². The highest BCUT2D eigenvalue weighted by molar-refractivity contribution is 7.91. The maximum Gasteiger partial charge on any atom is 0.247 e. The topological polar surface area (TPSA) is 89.3 Å². The lowest BCUT2D eigenvalue weighted by atomic mass is 10.1. The summed E-state index contributed by atoms with van der Waals surface area (Å²) in [4.78, 5) is 12.5. The Morgan fingerprint density at radius 1 is 1.42 bits per heavy atom. The molecule has 5 nitrogen and oxygen atoms in total. The average molecular weight is 304 g/mol. The maximum absolute atomic E-state index is 11.8. The van der Waals surface area contributed by atoms with Gasteiger partial charge >= 0.3 is 0 Å². The van der Waals surface area contributed by atoms with Gasteiger partial charge in [0.1, 0.15) is 4.21 Å². The number of hydrogen-bond donors (Lipinski definition) is 2. The molecular formula is C12H20N2O3S2. The number of hydrogen-bond acceptors (Lipinski definition) is 4. The summed E-state index contributed by atoms with van der Waals surface area (Å²) < 4.78 is 22.4. The lowest BCUT2D eigenvalue weighted by molar-refractivity contribution is -0.121. The van der Waals surface area contributed by atoms with E-state index in [0.717, 1.165) is 30.6 Å². The minimum absolute atomic E-state index is 0.0804. The molecule has 1 rings (SSSR count). The van der Waals surface area contributed by atoms with E-state index in [9.17, 15) is 13.2 Å². The van der Waals surface area contributed by atoms with Crippen molar-refractivity contribution in [2.24, 2.45) is 5.14 Å². The Bertz CT molecular complexity index is 523. The van der Waals surface area contributed by atoms with E-state index < -0.39 is 10.0 Å². The van der Waals surface area contributed by atoms with Gasteiger partial charge in [-0.3, -0.25) is 4.79 Å². The first kappa shape index (κ1) is 16.1. The molecule has 0 fully saturated rings. The van der Waals surface area contributed by atoms with Crippen molar-refractivity contribution in [3.05, 3.63) is 17.0 Å². The van der Waals surface area contributed by atoms with Gasteiger partial charge in [0.25, 0.3) is 0 Å². The fourth-order valence-electron chi connectivity index (χ4n) is 1.77. The quantitative estimate of drug-likeness (QED) is 0.802. The van der Waals surface area contributed by atoms with Gasteiger partial charge in [0.15, 0.2) is 0 Å². The van der Waals surface area contributed by atoms with Crippen molar-refractivity contribution in [2.75, 3.05) is 0 Å². The van der Waals surface area contributed by atoms with E-state index in [0.29, 0.717) is 4.88 Å². The fourth-order valence-corrected chi connectivity index (χ4v) is 3.55. The molecule has 0 saturated heterocycles. The lowest BCUT2D eigenvalue weighted by Gasteiger charge is -2.15. The van der Waals surface area contributed by atoms with E-state index in [2.05, 4.69) is 12.2 Å². The highest BCUT2D eigenvalue weighted by Gasteiger charge is 2.14. The summed E-state index contributed by atoms with van der Waals surface area (Å²) in [5.74, 6) is -0.0804. The number of amides is 1. The summed E-state index contributed by atoms with van der Waals surface area (Å²) in [7, 11) is -3.67.